The molecule has 1 fully saturated rings. The minimum absolute atomic E-state index is 0.0985. The van der Waals surface area contributed by atoms with Crippen molar-refractivity contribution in [3.05, 3.63) is 66.4 Å². The molecule has 132 valence electrons. The van der Waals surface area contributed by atoms with Gasteiger partial charge in [-0.05, 0) is 35.9 Å². The van der Waals surface area contributed by atoms with Gasteiger partial charge in [0.05, 0.1) is 18.8 Å². The molecule has 0 spiro atoms. The Morgan fingerprint density at radius 3 is 2.62 bits per heavy atom. The second kappa shape index (κ2) is 7.06. The summed E-state index contributed by atoms with van der Waals surface area (Å²) in [5, 5.41) is 6.13. The summed E-state index contributed by atoms with van der Waals surface area (Å²) in [5.41, 5.74) is 5.47. The number of anilines is 3. The van der Waals surface area contributed by atoms with E-state index in [4.69, 9.17) is 4.74 Å². The van der Waals surface area contributed by atoms with E-state index in [1.165, 1.54) is 5.69 Å². The summed E-state index contributed by atoms with van der Waals surface area (Å²) >= 11 is 0. The second-order valence-electron chi connectivity index (χ2n) is 6.31. The number of carbonyl (C=O) groups is 1. The molecule has 2 N–H and O–H groups in total. The van der Waals surface area contributed by atoms with Crippen molar-refractivity contribution in [1.29, 1.82) is 0 Å². The summed E-state index contributed by atoms with van der Waals surface area (Å²) in [6.45, 7) is 7.14. The highest BCUT2D eigenvalue weighted by atomic mass is 16.5. The van der Waals surface area contributed by atoms with Crippen molar-refractivity contribution >= 4 is 34.6 Å². The van der Waals surface area contributed by atoms with Gasteiger partial charge in [-0.15, -0.1) is 0 Å². The van der Waals surface area contributed by atoms with E-state index in [1.54, 1.807) is 12.3 Å². The Hall–Kier alpha value is -3.05. The van der Waals surface area contributed by atoms with Gasteiger partial charge in [-0.2, -0.15) is 0 Å². The van der Waals surface area contributed by atoms with E-state index in [0.717, 1.165) is 48.8 Å². The Morgan fingerprint density at radius 2 is 1.88 bits per heavy atom. The minimum Gasteiger partial charge on any atom is -0.378 e. The quantitative estimate of drug-likeness (QED) is 0.830. The van der Waals surface area contributed by atoms with E-state index >= 15 is 0 Å². The van der Waals surface area contributed by atoms with Crippen LogP contribution in [0.2, 0.25) is 0 Å². The van der Waals surface area contributed by atoms with Crippen molar-refractivity contribution < 1.29 is 9.53 Å². The fourth-order valence-electron chi connectivity index (χ4n) is 3.23. The smallest absolute Gasteiger partial charge is 0.257 e. The van der Waals surface area contributed by atoms with E-state index in [1.807, 2.05) is 30.3 Å². The molecule has 2 heterocycles. The molecule has 1 saturated heterocycles. The molecule has 5 nitrogen and oxygen atoms in total. The van der Waals surface area contributed by atoms with E-state index in [0.29, 0.717) is 5.57 Å². The number of amides is 1. The molecule has 5 heteroatoms. The number of rotatable bonds is 4. The van der Waals surface area contributed by atoms with Gasteiger partial charge >= 0.3 is 0 Å². The van der Waals surface area contributed by atoms with Crippen LogP contribution in [0.1, 0.15) is 11.1 Å². The fourth-order valence-corrected chi connectivity index (χ4v) is 3.23. The monoisotopic (exact) mass is 347 g/mol. The summed E-state index contributed by atoms with van der Waals surface area (Å²) in [5.74, 6) is -0.0985. The molecular weight excluding hydrogens is 326 g/mol. The van der Waals surface area contributed by atoms with Crippen LogP contribution in [0.15, 0.2) is 55.2 Å². The van der Waals surface area contributed by atoms with Crippen molar-refractivity contribution in [3.8, 4) is 0 Å². The Labute approximate surface area is 153 Å². The third kappa shape index (κ3) is 3.21. The molecule has 26 heavy (non-hydrogen) atoms. The molecule has 0 radical (unpaired) electrons. The fraction of sp³-hybridized carbons (Fsp3) is 0.190. The van der Waals surface area contributed by atoms with Crippen LogP contribution in [-0.4, -0.2) is 32.2 Å². The number of hydrogen-bond donors (Lipinski definition) is 2. The van der Waals surface area contributed by atoms with Crippen LogP contribution >= 0.6 is 0 Å². The van der Waals surface area contributed by atoms with Crippen molar-refractivity contribution in [2.75, 3.05) is 41.8 Å². The van der Waals surface area contributed by atoms with Gasteiger partial charge in [0, 0.05) is 41.9 Å². The van der Waals surface area contributed by atoms with Crippen LogP contribution in [0.5, 0.6) is 0 Å². The third-order valence-corrected chi connectivity index (χ3v) is 4.69. The zero-order valence-electron chi connectivity index (χ0n) is 14.5. The number of morpholine rings is 1. The average Bonchev–Trinajstić information content (AvgIpc) is 3.01. The summed E-state index contributed by atoms with van der Waals surface area (Å²) in [7, 11) is 0. The van der Waals surface area contributed by atoms with Crippen molar-refractivity contribution in [2.24, 2.45) is 0 Å². The lowest BCUT2D eigenvalue weighted by Crippen LogP contribution is -2.36. The average molecular weight is 347 g/mol. The van der Waals surface area contributed by atoms with Gasteiger partial charge in [0.15, 0.2) is 0 Å². The molecule has 0 unspecified atom stereocenters. The van der Waals surface area contributed by atoms with Gasteiger partial charge < -0.3 is 20.3 Å². The highest BCUT2D eigenvalue weighted by Gasteiger charge is 2.23. The summed E-state index contributed by atoms with van der Waals surface area (Å²) in [4.78, 5) is 14.6. The lowest BCUT2D eigenvalue weighted by molar-refractivity contribution is -0.110. The Morgan fingerprint density at radius 1 is 1.12 bits per heavy atom. The number of carbonyl (C=O) groups excluding carboxylic acids is 1. The lowest BCUT2D eigenvalue weighted by Gasteiger charge is -2.28. The normalized spacial score (nSPS) is 17.8. The summed E-state index contributed by atoms with van der Waals surface area (Å²) < 4.78 is 5.39. The van der Waals surface area contributed by atoms with E-state index in [-0.39, 0.29) is 5.91 Å². The SMILES string of the molecule is C=Cc1ccc2c(c1)NC(=O)C2=CNc1ccc(N2CCOCC2)cc1. The standard InChI is InChI=1S/C21H21N3O2/c1-2-15-3-8-18-19(21(25)23-20(18)13-15)14-22-16-4-6-17(7-5-16)24-9-11-26-12-10-24/h2-8,13-14,22H,1,9-12H2,(H,23,25). The number of nitrogens with zero attached hydrogens (tertiary/aromatic N) is 1. The molecule has 2 aromatic rings. The largest absolute Gasteiger partial charge is 0.378 e. The summed E-state index contributed by atoms with van der Waals surface area (Å²) in [6, 6.07) is 14.1. The van der Waals surface area contributed by atoms with Gasteiger partial charge in [0.2, 0.25) is 0 Å². The van der Waals surface area contributed by atoms with Crippen LogP contribution in [0.25, 0.3) is 11.6 Å². The third-order valence-electron chi connectivity index (χ3n) is 4.69. The van der Waals surface area contributed by atoms with E-state index in [9.17, 15) is 4.79 Å². The number of fused-ring (bicyclic) bond motifs is 1. The number of hydrogen-bond acceptors (Lipinski definition) is 4. The van der Waals surface area contributed by atoms with Crippen molar-refractivity contribution in [1.82, 2.24) is 0 Å². The van der Waals surface area contributed by atoms with Gasteiger partial charge in [-0.25, -0.2) is 0 Å². The number of nitrogens with one attached hydrogen (secondary N) is 2. The molecule has 1 amide bonds. The van der Waals surface area contributed by atoms with Gasteiger partial charge in [0.25, 0.3) is 5.91 Å². The molecule has 0 aliphatic carbocycles. The highest BCUT2D eigenvalue weighted by Crippen LogP contribution is 2.32. The molecular formula is C21H21N3O2. The first kappa shape index (κ1) is 16.4. The zero-order valence-corrected chi connectivity index (χ0v) is 14.5. The maximum atomic E-state index is 12.2. The predicted molar refractivity (Wildman–Crippen MR) is 106 cm³/mol. The molecule has 0 atom stereocenters. The number of benzene rings is 2. The van der Waals surface area contributed by atoms with Crippen molar-refractivity contribution in [2.45, 2.75) is 0 Å². The van der Waals surface area contributed by atoms with Crippen molar-refractivity contribution in [3.63, 3.8) is 0 Å². The van der Waals surface area contributed by atoms with Gasteiger partial charge in [0.1, 0.15) is 0 Å². The number of ether oxygens (including phenoxy) is 1. The first-order valence-corrected chi connectivity index (χ1v) is 8.72. The van der Waals surface area contributed by atoms with Gasteiger partial charge in [-0.3, -0.25) is 4.79 Å². The second-order valence-corrected chi connectivity index (χ2v) is 6.31. The van der Waals surface area contributed by atoms with Crippen LogP contribution in [0.4, 0.5) is 17.1 Å². The minimum atomic E-state index is -0.0985. The Balaban J connectivity index is 1.50. The maximum Gasteiger partial charge on any atom is 0.257 e. The molecule has 2 aliphatic heterocycles. The molecule has 0 bridgehead atoms. The van der Waals surface area contributed by atoms with Gasteiger partial charge in [-0.1, -0.05) is 24.8 Å². The predicted octanol–water partition coefficient (Wildman–Crippen LogP) is 3.57. The van der Waals surface area contributed by atoms with Crippen LogP contribution in [0, 0.1) is 0 Å². The Kier molecular flexibility index (Phi) is 4.46. The Bertz CT molecular complexity index is 865. The molecule has 2 aromatic carbocycles. The van der Waals surface area contributed by atoms with E-state index < -0.39 is 0 Å². The van der Waals surface area contributed by atoms with Crippen LogP contribution < -0.4 is 15.5 Å². The zero-order chi connectivity index (χ0) is 17.9. The van der Waals surface area contributed by atoms with Crippen LogP contribution in [-0.2, 0) is 9.53 Å². The maximum absolute atomic E-state index is 12.2. The topological polar surface area (TPSA) is 53.6 Å². The molecule has 0 saturated carbocycles. The first-order chi connectivity index (χ1) is 12.7. The first-order valence-electron chi connectivity index (χ1n) is 8.72. The highest BCUT2D eigenvalue weighted by molar-refractivity contribution is 6.31. The molecule has 2 aliphatic rings. The summed E-state index contributed by atoms with van der Waals surface area (Å²) in [6.07, 6.45) is 3.53. The molecule has 0 aromatic heterocycles. The molecule has 4 rings (SSSR count). The van der Waals surface area contributed by atoms with Crippen LogP contribution in [0.3, 0.4) is 0 Å². The van der Waals surface area contributed by atoms with E-state index in [2.05, 4.69) is 34.2 Å². The lowest BCUT2D eigenvalue weighted by atomic mass is 10.1.